The lowest BCUT2D eigenvalue weighted by Gasteiger charge is -1.59. The van der Waals surface area contributed by atoms with Gasteiger partial charge >= 0.3 is 0 Å². The second-order valence-electron chi connectivity index (χ2n) is 1.04. The van der Waals surface area contributed by atoms with E-state index in [1.54, 1.807) is 0 Å². The molecule has 0 aliphatic rings. The summed E-state index contributed by atoms with van der Waals surface area (Å²) in [6, 6.07) is 0. The fourth-order valence-electron chi connectivity index (χ4n) is 0. The molecule has 0 aromatic rings. The fourth-order valence-corrected chi connectivity index (χ4v) is 0. The van der Waals surface area contributed by atoms with E-state index in [0.717, 1.165) is 13.8 Å². The highest BCUT2D eigenvalue weighted by Crippen LogP contribution is 1.42. The molecule has 0 unspecified atom stereocenters. The van der Waals surface area contributed by atoms with Gasteiger partial charge in [0.15, 0.2) is 0 Å². The van der Waals surface area contributed by atoms with E-state index in [-0.39, 0.29) is 0 Å². The molecule has 0 aliphatic heterocycles. The summed E-state index contributed by atoms with van der Waals surface area (Å²) >= 11 is 0. The summed E-state index contributed by atoms with van der Waals surface area (Å²) in [7, 11) is 0. The van der Waals surface area contributed by atoms with E-state index in [1.165, 1.54) is 0 Å². The molecule has 0 radical (unpaired) electrons. The van der Waals surface area contributed by atoms with Crippen LogP contribution in [0.1, 0.15) is 13.8 Å². The highest BCUT2D eigenvalue weighted by molar-refractivity contribution is 5.63. The molecular formula is C8H12O4. The first-order chi connectivity index (χ1) is 5.46. The Labute approximate surface area is 72.2 Å². The molecule has 0 heterocycles. The average Bonchev–Trinajstić information content (AvgIpc) is 1.93. The van der Waals surface area contributed by atoms with Crippen LogP contribution in [0.2, 0.25) is 0 Å². The molecule has 0 saturated heterocycles. The van der Waals surface area contributed by atoms with Crippen molar-refractivity contribution < 1.29 is 19.8 Å². The number of rotatable bonds is 0. The van der Waals surface area contributed by atoms with E-state index in [1.807, 2.05) is 0 Å². The molecule has 0 atom stereocenters. The van der Waals surface area contributed by atoms with Gasteiger partial charge in [0.1, 0.15) is 0 Å². The maximum atomic E-state index is 9.00. The minimum absolute atomic E-state index is 0.833. The van der Waals surface area contributed by atoms with Crippen molar-refractivity contribution in [3.8, 4) is 25.7 Å². The summed E-state index contributed by atoms with van der Waals surface area (Å²) in [6.45, 7) is 2.17. The van der Waals surface area contributed by atoms with E-state index < -0.39 is 11.9 Å². The molecule has 0 spiro atoms. The number of aliphatic carboxylic acids is 2. The molecule has 0 aromatic carbocycles. The summed E-state index contributed by atoms with van der Waals surface area (Å²) < 4.78 is 0. The fraction of sp³-hybridized carbons (Fsp3) is 0.250. The maximum Gasteiger partial charge on any atom is 0.300 e. The zero-order valence-electron chi connectivity index (χ0n) is 7.02. The van der Waals surface area contributed by atoms with Crippen LogP contribution in [0.4, 0.5) is 0 Å². The molecule has 0 bridgehead atoms. The van der Waals surface area contributed by atoms with Crippen molar-refractivity contribution in [2.75, 3.05) is 0 Å². The van der Waals surface area contributed by atoms with Gasteiger partial charge in [-0.1, -0.05) is 0 Å². The smallest absolute Gasteiger partial charge is 0.300 e. The van der Waals surface area contributed by atoms with Gasteiger partial charge < -0.3 is 10.2 Å². The first-order valence-electron chi connectivity index (χ1n) is 2.52. The van der Waals surface area contributed by atoms with Crippen molar-refractivity contribution in [3.63, 3.8) is 0 Å². The lowest BCUT2D eigenvalue weighted by Crippen LogP contribution is -1.78. The van der Waals surface area contributed by atoms with Gasteiger partial charge in [-0.05, 0) is 0 Å². The molecule has 0 rings (SSSR count). The zero-order valence-corrected chi connectivity index (χ0v) is 7.02. The minimum atomic E-state index is -0.833. The van der Waals surface area contributed by atoms with Crippen molar-refractivity contribution >= 4 is 11.9 Å². The van der Waals surface area contributed by atoms with Crippen LogP contribution in [0.3, 0.4) is 0 Å². The number of carboxylic acids is 2. The standard InChI is InChI=1S/2C2H4O2.2C2H2/c2*1-2(3)4;2*1-2/h2*1H3,(H,3,4);2*1-2H. The van der Waals surface area contributed by atoms with Crippen molar-refractivity contribution in [1.29, 1.82) is 0 Å². The predicted octanol–water partition coefficient (Wildman–Crippen LogP) is 0.681. The Morgan fingerprint density at radius 2 is 0.833 bits per heavy atom. The van der Waals surface area contributed by atoms with Crippen molar-refractivity contribution in [2.24, 2.45) is 0 Å². The quantitative estimate of drug-likeness (QED) is 0.527. The molecule has 2 N–H and O–H groups in total. The van der Waals surface area contributed by atoms with Crippen molar-refractivity contribution in [2.45, 2.75) is 13.8 Å². The van der Waals surface area contributed by atoms with Crippen molar-refractivity contribution in [1.82, 2.24) is 0 Å². The number of hydrogen-bond donors (Lipinski definition) is 2. The second kappa shape index (κ2) is 35.7. The minimum Gasteiger partial charge on any atom is -0.481 e. The Morgan fingerprint density at radius 1 is 0.833 bits per heavy atom. The van der Waals surface area contributed by atoms with E-state index in [9.17, 15) is 0 Å². The number of carbonyl (C=O) groups is 2. The molecule has 0 aliphatic carbocycles. The van der Waals surface area contributed by atoms with Crippen LogP contribution in [-0.2, 0) is 9.59 Å². The van der Waals surface area contributed by atoms with Gasteiger partial charge in [0.05, 0.1) is 0 Å². The van der Waals surface area contributed by atoms with Crippen LogP contribution < -0.4 is 0 Å². The summed E-state index contributed by atoms with van der Waals surface area (Å²) in [4.78, 5) is 18.0. The SMILES string of the molecule is C#C.C#C.CC(=O)O.CC(=O)O. The zero-order chi connectivity index (χ0) is 11.2. The molecule has 0 aromatic heterocycles. The van der Waals surface area contributed by atoms with Gasteiger partial charge in [-0.2, -0.15) is 0 Å². The molecule has 0 saturated carbocycles. The summed E-state index contributed by atoms with van der Waals surface area (Å²) in [6.07, 6.45) is 16.0. The van der Waals surface area contributed by atoms with Gasteiger partial charge in [-0.15, -0.1) is 25.7 Å². The van der Waals surface area contributed by atoms with Gasteiger partial charge in [0, 0.05) is 13.8 Å². The normalized spacial score (nSPS) is 4.50. The van der Waals surface area contributed by atoms with Gasteiger partial charge in [0.25, 0.3) is 11.9 Å². The molecule has 0 amide bonds. The molecule has 4 heteroatoms. The van der Waals surface area contributed by atoms with Crippen LogP contribution in [0.25, 0.3) is 0 Å². The van der Waals surface area contributed by atoms with Crippen LogP contribution in [0.15, 0.2) is 0 Å². The van der Waals surface area contributed by atoms with E-state index in [4.69, 9.17) is 19.8 Å². The third kappa shape index (κ3) is 107. The second-order valence-corrected chi connectivity index (χ2v) is 1.04. The van der Waals surface area contributed by atoms with Crippen LogP contribution >= 0.6 is 0 Å². The summed E-state index contributed by atoms with van der Waals surface area (Å²) in [5.41, 5.74) is 0. The topological polar surface area (TPSA) is 74.6 Å². The Bertz CT molecular complexity index is 118. The maximum absolute atomic E-state index is 9.00. The van der Waals surface area contributed by atoms with Gasteiger partial charge in [-0.3, -0.25) is 9.59 Å². The predicted molar refractivity (Wildman–Crippen MR) is 46.4 cm³/mol. The first kappa shape index (κ1) is 22.5. The lowest BCUT2D eigenvalue weighted by molar-refractivity contribution is -0.135. The average molecular weight is 172 g/mol. The summed E-state index contributed by atoms with van der Waals surface area (Å²) in [5.74, 6) is -1.67. The lowest BCUT2D eigenvalue weighted by atomic mass is 10.9. The molecule has 0 fully saturated rings. The highest BCUT2D eigenvalue weighted by Gasteiger charge is 1.65. The largest absolute Gasteiger partial charge is 0.481 e. The Morgan fingerprint density at radius 3 is 0.833 bits per heavy atom. The Hall–Kier alpha value is -1.94. The van der Waals surface area contributed by atoms with Crippen molar-refractivity contribution in [3.05, 3.63) is 0 Å². The first-order valence-corrected chi connectivity index (χ1v) is 2.52. The molecule has 4 nitrogen and oxygen atoms in total. The molecule has 68 valence electrons. The number of hydrogen-bond acceptors (Lipinski definition) is 2. The van der Waals surface area contributed by atoms with E-state index in [0.29, 0.717) is 0 Å². The molecular weight excluding hydrogens is 160 g/mol. The summed E-state index contributed by atoms with van der Waals surface area (Å²) in [5, 5.41) is 14.8. The van der Waals surface area contributed by atoms with Gasteiger partial charge in [0.2, 0.25) is 0 Å². The van der Waals surface area contributed by atoms with Crippen LogP contribution in [0, 0.1) is 25.7 Å². The third-order valence-electron chi connectivity index (χ3n) is 0. The Kier molecular flexibility index (Phi) is 66.9. The molecule has 12 heavy (non-hydrogen) atoms. The van der Waals surface area contributed by atoms with Gasteiger partial charge in [-0.25, -0.2) is 0 Å². The third-order valence-corrected chi connectivity index (χ3v) is 0. The highest BCUT2D eigenvalue weighted by atomic mass is 16.4. The number of terminal acetylenes is 2. The number of carboxylic acid groups (broad SMARTS) is 2. The van der Waals surface area contributed by atoms with E-state index >= 15 is 0 Å². The van der Waals surface area contributed by atoms with Crippen LogP contribution in [-0.4, -0.2) is 22.2 Å². The monoisotopic (exact) mass is 172 g/mol. The Balaban J connectivity index is -0.0000000380. The van der Waals surface area contributed by atoms with Crippen LogP contribution in [0.5, 0.6) is 0 Å². The van der Waals surface area contributed by atoms with E-state index in [2.05, 4.69) is 25.7 Å².